The third-order valence-corrected chi connectivity index (χ3v) is 3.34. The molecule has 0 unspecified atom stereocenters. The first-order chi connectivity index (χ1) is 9.02. The molecule has 19 heavy (non-hydrogen) atoms. The molecule has 0 aliphatic rings. The Bertz CT molecular complexity index is 554. The van der Waals surface area contributed by atoms with Gasteiger partial charge >= 0.3 is 0 Å². The molecule has 0 saturated heterocycles. The highest BCUT2D eigenvalue weighted by atomic mass is 15.1. The summed E-state index contributed by atoms with van der Waals surface area (Å²) in [6.07, 6.45) is 2.81. The van der Waals surface area contributed by atoms with Crippen LogP contribution in [0.25, 0.3) is 0 Å². The summed E-state index contributed by atoms with van der Waals surface area (Å²) < 4.78 is 0. The highest BCUT2D eigenvalue weighted by Crippen LogP contribution is 2.24. The summed E-state index contributed by atoms with van der Waals surface area (Å²) in [7, 11) is 0. The highest BCUT2D eigenvalue weighted by Gasteiger charge is 2.16. The van der Waals surface area contributed by atoms with Crippen molar-refractivity contribution >= 4 is 5.82 Å². The average Bonchev–Trinajstić information content (AvgIpc) is 2.69. The minimum Gasteiger partial charge on any atom is -0.363 e. The highest BCUT2D eigenvalue weighted by molar-refractivity contribution is 5.46. The second-order valence-corrected chi connectivity index (χ2v) is 4.86. The molecule has 2 aromatic rings. The van der Waals surface area contributed by atoms with Gasteiger partial charge in [0.1, 0.15) is 11.6 Å². The fourth-order valence-corrected chi connectivity index (χ4v) is 2.35. The van der Waals surface area contributed by atoms with Gasteiger partial charge in [-0.25, -0.2) is 9.97 Å². The maximum atomic E-state index is 4.50. The van der Waals surface area contributed by atoms with Gasteiger partial charge in [0.05, 0.1) is 11.7 Å². The van der Waals surface area contributed by atoms with Crippen molar-refractivity contribution in [3.05, 3.63) is 34.5 Å². The van der Waals surface area contributed by atoms with E-state index < -0.39 is 0 Å². The van der Waals surface area contributed by atoms with Crippen LogP contribution in [-0.2, 0) is 6.42 Å². The molecule has 2 aromatic heterocycles. The second-order valence-electron chi connectivity index (χ2n) is 4.86. The van der Waals surface area contributed by atoms with Crippen LogP contribution in [0, 0.1) is 20.8 Å². The molecule has 0 amide bonds. The lowest BCUT2D eigenvalue weighted by Gasteiger charge is -2.17. The molecular formula is C14H21N5. The number of hydrogen-bond acceptors (Lipinski definition) is 4. The Kier molecular flexibility index (Phi) is 3.83. The largest absolute Gasteiger partial charge is 0.363 e. The van der Waals surface area contributed by atoms with Gasteiger partial charge in [-0.15, -0.1) is 0 Å². The van der Waals surface area contributed by atoms with Crippen molar-refractivity contribution in [2.45, 2.75) is 47.1 Å². The van der Waals surface area contributed by atoms with Gasteiger partial charge in [0.15, 0.2) is 0 Å². The van der Waals surface area contributed by atoms with E-state index in [1.165, 1.54) is 5.56 Å². The molecule has 2 heterocycles. The predicted molar refractivity (Wildman–Crippen MR) is 76.2 cm³/mol. The molecule has 1 atom stereocenters. The van der Waals surface area contributed by atoms with E-state index in [2.05, 4.69) is 39.3 Å². The van der Waals surface area contributed by atoms with Gasteiger partial charge in [-0.2, -0.15) is 5.10 Å². The van der Waals surface area contributed by atoms with E-state index in [1.54, 1.807) is 0 Å². The van der Waals surface area contributed by atoms with E-state index in [-0.39, 0.29) is 6.04 Å². The van der Waals surface area contributed by atoms with Crippen LogP contribution in [0.2, 0.25) is 0 Å². The van der Waals surface area contributed by atoms with Gasteiger partial charge in [0, 0.05) is 23.0 Å². The number of rotatable bonds is 4. The van der Waals surface area contributed by atoms with Crippen LogP contribution in [-0.4, -0.2) is 20.2 Å². The summed E-state index contributed by atoms with van der Waals surface area (Å²) in [6, 6.07) is 0.165. The number of hydrogen-bond donors (Lipinski definition) is 2. The van der Waals surface area contributed by atoms with E-state index in [0.29, 0.717) is 0 Å². The molecule has 0 radical (unpaired) electrons. The number of aromatic amines is 1. The van der Waals surface area contributed by atoms with Crippen LogP contribution in [0.4, 0.5) is 5.82 Å². The Morgan fingerprint density at radius 3 is 2.63 bits per heavy atom. The van der Waals surface area contributed by atoms with Gasteiger partial charge in [0.2, 0.25) is 0 Å². The molecule has 5 heteroatoms. The first-order valence-electron chi connectivity index (χ1n) is 6.63. The quantitative estimate of drug-likeness (QED) is 0.886. The Morgan fingerprint density at radius 2 is 2.05 bits per heavy atom. The number of H-pyrrole nitrogens is 1. The van der Waals surface area contributed by atoms with Gasteiger partial charge in [-0.05, 0) is 34.1 Å². The molecule has 0 fully saturated rings. The lowest BCUT2D eigenvalue weighted by molar-refractivity contribution is 0.841. The second kappa shape index (κ2) is 5.38. The van der Waals surface area contributed by atoms with E-state index in [4.69, 9.17) is 0 Å². The Labute approximate surface area is 113 Å². The van der Waals surface area contributed by atoms with Crippen molar-refractivity contribution in [3.8, 4) is 0 Å². The predicted octanol–water partition coefficient (Wildman–Crippen LogP) is 2.86. The third-order valence-electron chi connectivity index (χ3n) is 3.34. The Hall–Kier alpha value is -1.91. The first-order valence-corrected chi connectivity index (χ1v) is 6.63. The van der Waals surface area contributed by atoms with Gasteiger partial charge in [0.25, 0.3) is 0 Å². The first kappa shape index (κ1) is 13.5. The monoisotopic (exact) mass is 259 g/mol. The topological polar surface area (TPSA) is 66.5 Å². The summed E-state index contributed by atoms with van der Waals surface area (Å²) in [4.78, 5) is 8.75. The van der Waals surface area contributed by atoms with Crippen LogP contribution in [0.3, 0.4) is 0 Å². The average molecular weight is 259 g/mol. The van der Waals surface area contributed by atoms with Crippen molar-refractivity contribution in [1.82, 2.24) is 20.2 Å². The zero-order chi connectivity index (χ0) is 14.0. The lowest BCUT2D eigenvalue weighted by atomic mass is 10.1. The van der Waals surface area contributed by atoms with E-state index in [1.807, 2.05) is 27.0 Å². The summed E-state index contributed by atoms with van der Waals surface area (Å²) in [5.41, 5.74) is 4.47. The zero-order valence-electron chi connectivity index (χ0n) is 12.2. The van der Waals surface area contributed by atoms with Gasteiger partial charge < -0.3 is 5.32 Å². The minimum atomic E-state index is 0.165. The fourth-order valence-electron chi connectivity index (χ4n) is 2.35. The third kappa shape index (κ3) is 2.75. The SMILES string of the molecule is CCc1cnc(C)nc1N[C@@H](C)c1c(C)n[nH]c1C. The van der Waals surface area contributed by atoms with Crippen molar-refractivity contribution in [3.63, 3.8) is 0 Å². The molecule has 0 spiro atoms. The lowest BCUT2D eigenvalue weighted by Crippen LogP contribution is -2.12. The molecule has 0 bridgehead atoms. The maximum absolute atomic E-state index is 4.50. The normalized spacial score (nSPS) is 12.5. The van der Waals surface area contributed by atoms with E-state index in [0.717, 1.165) is 35.0 Å². The summed E-state index contributed by atoms with van der Waals surface area (Å²) in [5.74, 6) is 1.70. The molecule has 5 nitrogen and oxygen atoms in total. The standard InChI is InChI=1S/C14H21N5/c1-6-12-7-15-11(5)17-14(12)16-8(2)13-9(3)18-19-10(13)4/h7-8H,6H2,1-5H3,(H,18,19)(H,15,16,17)/t8-/m0/s1. The number of nitrogens with zero attached hydrogens (tertiary/aromatic N) is 3. The Balaban J connectivity index is 2.28. The van der Waals surface area contributed by atoms with E-state index >= 15 is 0 Å². The van der Waals surface area contributed by atoms with Crippen molar-refractivity contribution in [2.75, 3.05) is 5.32 Å². The summed E-state index contributed by atoms with van der Waals surface area (Å²) >= 11 is 0. The summed E-state index contributed by atoms with van der Waals surface area (Å²) in [6.45, 7) is 10.2. The van der Waals surface area contributed by atoms with Gasteiger partial charge in [-0.3, -0.25) is 5.10 Å². The number of nitrogens with one attached hydrogen (secondary N) is 2. The number of anilines is 1. The van der Waals surface area contributed by atoms with E-state index in [9.17, 15) is 0 Å². The smallest absolute Gasteiger partial charge is 0.133 e. The summed E-state index contributed by atoms with van der Waals surface area (Å²) in [5, 5.41) is 10.7. The molecule has 102 valence electrons. The number of aryl methyl sites for hydroxylation is 4. The molecule has 2 rings (SSSR count). The fraction of sp³-hybridized carbons (Fsp3) is 0.500. The van der Waals surface area contributed by atoms with Crippen molar-refractivity contribution in [1.29, 1.82) is 0 Å². The zero-order valence-corrected chi connectivity index (χ0v) is 12.2. The van der Waals surface area contributed by atoms with Crippen LogP contribution in [0.1, 0.15) is 48.2 Å². The van der Waals surface area contributed by atoms with Crippen molar-refractivity contribution in [2.24, 2.45) is 0 Å². The van der Waals surface area contributed by atoms with Crippen LogP contribution in [0.5, 0.6) is 0 Å². The molecular weight excluding hydrogens is 238 g/mol. The van der Waals surface area contributed by atoms with Gasteiger partial charge in [-0.1, -0.05) is 6.92 Å². The minimum absolute atomic E-state index is 0.165. The van der Waals surface area contributed by atoms with Crippen LogP contribution in [0.15, 0.2) is 6.20 Å². The molecule has 0 aliphatic heterocycles. The van der Waals surface area contributed by atoms with Crippen LogP contribution >= 0.6 is 0 Å². The van der Waals surface area contributed by atoms with Crippen molar-refractivity contribution < 1.29 is 0 Å². The molecule has 0 aromatic carbocycles. The Morgan fingerprint density at radius 1 is 1.32 bits per heavy atom. The van der Waals surface area contributed by atoms with Crippen LogP contribution < -0.4 is 5.32 Å². The molecule has 0 saturated carbocycles. The molecule has 0 aliphatic carbocycles. The molecule has 2 N–H and O–H groups in total. The maximum Gasteiger partial charge on any atom is 0.133 e. The number of aromatic nitrogens is 4.